The number of amides is 1. The van der Waals surface area contributed by atoms with Crippen molar-refractivity contribution in [2.75, 3.05) is 13.1 Å². The minimum Gasteiger partial charge on any atom is -0.384 e. The number of likely N-dealkylation sites (tertiary alicyclic amines) is 1. The molecule has 1 aromatic rings. The van der Waals surface area contributed by atoms with Gasteiger partial charge in [0.15, 0.2) is 0 Å². The van der Waals surface area contributed by atoms with Crippen molar-refractivity contribution in [3.05, 3.63) is 11.9 Å². The molecule has 2 heterocycles. The lowest BCUT2D eigenvalue weighted by molar-refractivity contribution is -0.134. The number of piperidine rings is 1. The molecule has 1 N–H and O–H groups in total. The van der Waals surface area contributed by atoms with Crippen molar-refractivity contribution in [3.8, 4) is 0 Å². The summed E-state index contributed by atoms with van der Waals surface area (Å²) in [6.07, 6.45) is 6.92. The van der Waals surface area contributed by atoms with Crippen LogP contribution in [0.5, 0.6) is 0 Å². The molecule has 0 aromatic carbocycles. The van der Waals surface area contributed by atoms with Crippen LogP contribution in [-0.2, 0) is 10.4 Å². The van der Waals surface area contributed by atoms with E-state index in [4.69, 9.17) is 0 Å². The average molecular weight is 334 g/mol. The van der Waals surface area contributed by atoms with Crippen LogP contribution in [0.2, 0.25) is 0 Å². The van der Waals surface area contributed by atoms with Gasteiger partial charge in [-0.05, 0) is 51.4 Å². The second-order valence-corrected chi connectivity index (χ2v) is 8.03. The van der Waals surface area contributed by atoms with Crippen LogP contribution >= 0.6 is 0 Å². The van der Waals surface area contributed by atoms with Crippen molar-refractivity contribution in [2.24, 2.45) is 11.3 Å². The van der Waals surface area contributed by atoms with Gasteiger partial charge in [-0.2, -0.15) is 0 Å². The molecule has 1 aliphatic carbocycles. The smallest absolute Gasteiger partial charge is 0.226 e. The largest absolute Gasteiger partial charge is 0.384 e. The van der Waals surface area contributed by atoms with Gasteiger partial charge in [0.1, 0.15) is 11.3 Å². The molecule has 3 rings (SSSR count). The molecule has 1 saturated heterocycles. The highest BCUT2D eigenvalue weighted by Gasteiger charge is 2.56. The highest BCUT2D eigenvalue weighted by atomic mass is 16.3. The van der Waals surface area contributed by atoms with Crippen LogP contribution in [0.15, 0.2) is 6.20 Å². The first-order chi connectivity index (χ1) is 11.3. The SMILES string of the molecule is CCC1(CC)CC1C(=O)N1CCC(n2cc(C(C)(C)O)nn2)CC1. The number of hydrogen-bond acceptors (Lipinski definition) is 4. The molecule has 1 unspecified atom stereocenters. The van der Waals surface area contributed by atoms with Crippen LogP contribution in [0, 0.1) is 11.3 Å². The molecule has 1 aromatic heterocycles. The van der Waals surface area contributed by atoms with E-state index >= 15 is 0 Å². The molecule has 6 nitrogen and oxygen atoms in total. The van der Waals surface area contributed by atoms with Crippen LogP contribution in [0.25, 0.3) is 0 Å². The number of hydrogen-bond donors (Lipinski definition) is 1. The quantitative estimate of drug-likeness (QED) is 0.898. The van der Waals surface area contributed by atoms with E-state index in [0.29, 0.717) is 11.6 Å². The molecule has 0 spiro atoms. The predicted octanol–water partition coefficient (Wildman–Crippen LogP) is 2.50. The molecule has 2 fully saturated rings. The van der Waals surface area contributed by atoms with Gasteiger partial charge in [-0.25, -0.2) is 4.68 Å². The lowest BCUT2D eigenvalue weighted by atomic mass is 9.96. The average Bonchev–Trinajstić information content (AvgIpc) is 3.08. The zero-order valence-electron chi connectivity index (χ0n) is 15.3. The van der Waals surface area contributed by atoms with Crippen molar-refractivity contribution in [2.45, 2.75) is 71.4 Å². The Kier molecular flexibility index (Phi) is 4.45. The number of aliphatic hydroxyl groups is 1. The monoisotopic (exact) mass is 334 g/mol. The Morgan fingerprint density at radius 3 is 2.42 bits per heavy atom. The second kappa shape index (κ2) is 6.14. The summed E-state index contributed by atoms with van der Waals surface area (Å²) in [7, 11) is 0. The van der Waals surface area contributed by atoms with Crippen LogP contribution in [0.4, 0.5) is 0 Å². The van der Waals surface area contributed by atoms with Gasteiger partial charge in [-0.15, -0.1) is 5.10 Å². The Bertz CT molecular complexity index is 592. The predicted molar refractivity (Wildman–Crippen MR) is 91.2 cm³/mol. The first-order valence-electron chi connectivity index (χ1n) is 9.24. The fraction of sp³-hybridized carbons (Fsp3) is 0.833. The molecule has 1 aliphatic heterocycles. The first-order valence-corrected chi connectivity index (χ1v) is 9.24. The van der Waals surface area contributed by atoms with E-state index in [1.807, 2.05) is 15.8 Å². The highest BCUT2D eigenvalue weighted by Crippen LogP contribution is 2.58. The van der Waals surface area contributed by atoms with Crippen LogP contribution < -0.4 is 0 Å². The molecular weight excluding hydrogens is 304 g/mol. The van der Waals surface area contributed by atoms with Crippen molar-refractivity contribution in [3.63, 3.8) is 0 Å². The normalized spacial score (nSPS) is 24.2. The zero-order chi connectivity index (χ0) is 17.5. The van der Waals surface area contributed by atoms with E-state index in [2.05, 4.69) is 24.2 Å². The third kappa shape index (κ3) is 3.08. The first kappa shape index (κ1) is 17.4. The topological polar surface area (TPSA) is 71.2 Å². The Balaban J connectivity index is 1.57. The number of carbonyl (C=O) groups is 1. The number of carbonyl (C=O) groups excluding carboxylic acids is 1. The zero-order valence-corrected chi connectivity index (χ0v) is 15.3. The van der Waals surface area contributed by atoms with Crippen molar-refractivity contribution >= 4 is 5.91 Å². The summed E-state index contributed by atoms with van der Waals surface area (Å²) in [6.45, 7) is 9.42. The summed E-state index contributed by atoms with van der Waals surface area (Å²) in [5.74, 6) is 0.602. The van der Waals surface area contributed by atoms with Gasteiger partial charge in [-0.3, -0.25) is 4.79 Å². The Morgan fingerprint density at radius 2 is 1.96 bits per heavy atom. The maximum Gasteiger partial charge on any atom is 0.226 e. The molecule has 6 heteroatoms. The van der Waals surface area contributed by atoms with E-state index in [-0.39, 0.29) is 17.4 Å². The van der Waals surface area contributed by atoms with Gasteiger partial charge >= 0.3 is 0 Å². The van der Waals surface area contributed by atoms with Crippen LogP contribution in [-0.4, -0.2) is 44.0 Å². The highest BCUT2D eigenvalue weighted by molar-refractivity contribution is 5.82. The number of rotatable bonds is 5. The van der Waals surface area contributed by atoms with E-state index in [0.717, 1.165) is 45.2 Å². The van der Waals surface area contributed by atoms with Crippen molar-refractivity contribution in [1.82, 2.24) is 19.9 Å². The van der Waals surface area contributed by atoms with Gasteiger partial charge in [0, 0.05) is 19.0 Å². The summed E-state index contributed by atoms with van der Waals surface area (Å²) >= 11 is 0. The fourth-order valence-corrected chi connectivity index (χ4v) is 4.04. The summed E-state index contributed by atoms with van der Waals surface area (Å²) < 4.78 is 1.86. The molecule has 1 amide bonds. The summed E-state index contributed by atoms with van der Waals surface area (Å²) in [5.41, 5.74) is -0.0962. The number of aromatic nitrogens is 3. The molecule has 1 saturated carbocycles. The van der Waals surface area contributed by atoms with E-state index in [1.54, 1.807) is 13.8 Å². The lowest BCUT2D eigenvalue weighted by Gasteiger charge is -2.32. The van der Waals surface area contributed by atoms with E-state index < -0.39 is 5.60 Å². The minimum atomic E-state index is -0.968. The van der Waals surface area contributed by atoms with Crippen LogP contribution in [0.3, 0.4) is 0 Å². The molecule has 1 atom stereocenters. The molecule has 0 radical (unpaired) electrons. The standard InChI is InChI=1S/C18H30N4O2/c1-5-18(6-2)11-14(18)16(23)21-9-7-13(8-10-21)22-12-15(19-20-22)17(3,4)24/h12-14,24H,5-11H2,1-4H3. The number of nitrogens with zero attached hydrogens (tertiary/aromatic N) is 4. The van der Waals surface area contributed by atoms with Crippen LogP contribution in [0.1, 0.15) is 71.5 Å². The second-order valence-electron chi connectivity index (χ2n) is 8.03. The van der Waals surface area contributed by atoms with E-state index in [1.165, 1.54) is 0 Å². The van der Waals surface area contributed by atoms with E-state index in [9.17, 15) is 9.90 Å². The summed E-state index contributed by atoms with van der Waals surface area (Å²) in [5, 5.41) is 18.3. The van der Waals surface area contributed by atoms with Gasteiger partial charge in [0.05, 0.1) is 12.2 Å². The molecule has 24 heavy (non-hydrogen) atoms. The molecule has 134 valence electrons. The van der Waals surface area contributed by atoms with Crippen molar-refractivity contribution in [1.29, 1.82) is 0 Å². The van der Waals surface area contributed by atoms with Gasteiger partial charge in [-0.1, -0.05) is 19.1 Å². The fourth-order valence-electron chi connectivity index (χ4n) is 4.04. The molecule has 2 aliphatic rings. The van der Waals surface area contributed by atoms with Gasteiger partial charge < -0.3 is 10.0 Å². The maximum atomic E-state index is 12.7. The Hall–Kier alpha value is -1.43. The summed E-state index contributed by atoms with van der Waals surface area (Å²) in [6, 6.07) is 0.263. The maximum absolute atomic E-state index is 12.7. The molecular formula is C18H30N4O2. The molecule has 0 bridgehead atoms. The Morgan fingerprint density at radius 1 is 1.33 bits per heavy atom. The third-order valence-corrected chi connectivity index (χ3v) is 6.18. The van der Waals surface area contributed by atoms with Crippen molar-refractivity contribution < 1.29 is 9.90 Å². The minimum absolute atomic E-state index is 0.247. The van der Waals surface area contributed by atoms with Gasteiger partial charge in [0.2, 0.25) is 5.91 Å². The lowest BCUT2D eigenvalue weighted by Crippen LogP contribution is -2.40. The Labute approximate surface area is 144 Å². The summed E-state index contributed by atoms with van der Waals surface area (Å²) in [4.78, 5) is 14.8. The van der Waals surface area contributed by atoms with Gasteiger partial charge in [0.25, 0.3) is 0 Å². The third-order valence-electron chi connectivity index (χ3n) is 6.18.